The molecule has 2 aromatic heterocycles. The molecule has 0 aliphatic heterocycles. The Balaban J connectivity index is 0.00000364. The smallest absolute Gasteiger partial charge is 0.225 e. The fourth-order valence-electron chi connectivity index (χ4n) is 2.28. The van der Waals surface area contributed by atoms with Crippen LogP contribution in [0.25, 0.3) is 11.0 Å². The Morgan fingerprint density at radius 1 is 0.778 bits per heavy atom. The number of aliphatic hydroxyl groups is 1. The zero-order valence-electron chi connectivity index (χ0n) is 16.7. The molecule has 2 rings (SSSR count). The summed E-state index contributed by atoms with van der Waals surface area (Å²) in [4.78, 5) is 18.2. The molecule has 0 atom stereocenters. The van der Waals surface area contributed by atoms with Crippen molar-refractivity contribution in [1.29, 1.82) is 0 Å². The summed E-state index contributed by atoms with van der Waals surface area (Å²) in [6.45, 7) is 12.1. The van der Waals surface area contributed by atoms with Crippen LogP contribution in [-0.4, -0.2) is 56.8 Å². The van der Waals surface area contributed by atoms with Gasteiger partial charge in [-0.15, -0.1) is 12.4 Å². The molecule has 2 aromatic rings. The lowest BCUT2D eigenvalue weighted by Gasteiger charge is -2.19. The summed E-state index contributed by atoms with van der Waals surface area (Å²) in [5.41, 5.74) is 0.376. The van der Waals surface area contributed by atoms with Crippen molar-refractivity contribution >= 4 is 47.0 Å². The number of hydrogen-bond donors (Lipinski definition) is 5. The van der Waals surface area contributed by atoms with Crippen LogP contribution in [0, 0.1) is 0 Å². The van der Waals surface area contributed by atoms with Gasteiger partial charge in [0.15, 0.2) is 11.6 Å². The van der Waals surface area contributed by atoms with Crippen LogP contribution in [0.2, 0.25) is 0 Å². The van der Waals surface area contributed by atoms with E-state index in [4.69, 9.17) is 0 Å². The molecule has 0 aliphatic carbocycles. The molecule has 0 radical (unpaired) electrons. The Labute approximate surface area is 166 Å². The maximum Gasteiger partial charge on any atom is 0.225 e. The first-order valence-electron chi connectivity index (χ1n) is 9.15. The summed E-state index contributed by atoms with van der Waals surface area (Å²) in [6, 6.07) is 0. The van der Waals surface area contributed by atoms with Gasteiger partial charge in [0.1, 0.15) is 11.0 Å². The average Bonchev–Trinajstić information content (AvgIpc) is 2.58. The molecule has 2 heterocycles. The number of fused-ring (bicyclic) bond motifs is 1. The Hall–Kier alpha value is -2.13. The van der Waals surface area contributed by atoms with Gasteiger partial charge < -0.3 is 26.4 Å². The van der Waals surface area contributed by atoms with E-state index in [0.29, 0.717) is 54.2 Å². The number of halogens is 1. The van der Waals surface area contributed by atoms with E-state index in [9.17, 15) is 5.11 Å². The molecule has 0 saturated carbocycles. The van der Waals surface area contributed by atoms with Gasteiger partial charge in [-0.3, -0.25) is 0 Å². The van der Waals surface area contributed by atoms with Crippen LogP contribution in [0.1, 0.15) is 41.0 Å². The molecular weight excluding hydrogens is 368 g/mol. The topological polar surface area (TPSA) is 120 Å². The molecule has 0 amide bonds. The molecule has 152 valence electrons. The van der Waals surface area contributed by atoms with E-state index in [0.717, 1.165) is 13.0 Å². The van der Waals surface area contributed by atoms with Crippen LogP contribution in [0.5, 0.6) is 0 Å². The Kier molecular flexibility index (Phi) is 8.71. The lowest BCUT2D eigenvalue weighted by atomic mass is 10.1. The molecule has 0 aromatic carbocycles. The van der Waals surface area contributed by atoms with E-state index in [1.54, 1.807) is 13.8 Å². The number of rotatable bonds is 10. The number of aromatic nitrogens is 4. The van der Waals surface area contributed by atoms with Gasteiger partial charge in [-0.2, -0.15) is 9.97 Å². The lowest BCUT2D eigenvalue weighted by molar-refractivity contribution is 0.0944. The number of nitrogens with one attached hydrogen (secondary N) is 4. The highest BCUT2D eigenvalue weighted by Gasteiger charge is 2.18. The zero-order chi connectivity index (χ0) is 19.2. The van der Waals surface area contributed by atoms with E-state index < -0.39 is 5.60 Å². The van der Waals surface area contributed by atoms with E-state index in [2.05, 4.69) is 48.1 Å². The van der Waals surface area contributed by atoms with Crippen LogP contribution in [-0.2, 0) is 0 Å². The van der Waals surface area contributed by atoms with Gasteiger partial charge in [0.05, 0.1) is 5.60 Å². The fraction of sp³-hybridized carbons (Fsp3) is 0.647. The Bertz CT molecular complexity index is 735. The fourth-order valence-corrected chi connectivity index (χ4v) is 2.28. The molecule has 10 heteroatoms. The van der Waals surface area contributed by atoms with Crippen LogP contribution in [0.3, 0.4) is 0 Å². The minimum Gasteiger partial charge on any atom is -0.389 e. The van der Waals surface area contributed by atoms with Crippen LogP contribution in [0.15, 0.2) is 0 Å². The van der Waals surface area contributed by atoms with Crippen LogP contribution in [0.4, 0.5) is 23.5 Å². The summed E-state index contributed by atoms with van der Waals surface area (Å²) in [7, 11) is 0. The predicted octanol–water partition coefficient (Wildman–Crippen LogP) is 2.71. The van der Waals surface area contributed by atoms with Crippen molar-refractivity contribution in [1.82, 2.24) is 19.9 Å². The molecule has 9 nitrogen and oxygen atoms in total. The summed E-state index contributed by atoms with van der Waals surface area (Å²) >= 11 is 0. The van der Waals surface area contributed by atoms with Crippen LogP contribution < -0.4 is 21.3 Å². The molecule has 0 bridgehead atoms. The largest absolute Gasteiger partial charge is 0.389 e. The normalized spacial score (nSPS) is 11.0. The minimum absolute atomic E-state index is 0. The standard InChI is InChI=1S/C17H30N8O.ClH/c1-6-9-20-13-11-12(23-15(24-13)18-7-2)14(21-10-17(4,5)26)25-16(22-11)19-8-3;/h26H,6-10H2,1-5H3,(H2,18,20,23,24)(H2,19,21,22,25);1H. The zero-order valence-corrected chi connectivity index (χ0v) is 17.5. The van der Waals surface area contributed by atoms with Crippen molar-refractivity contribution in [2.45, 2.75) is 46.6 Å². The van der Waals surface area contributed by atoms with Crippen molar-refractivity contribution in [3.8, 4) is 0 Å². The maximum absolute atomic E-state index is 10.1. The molecule has 5 N–H and O–H groups in total. The summed E-state index contributed by atoms with van der Waals surface area (Å²) in [5, 5.41) is 22.8. The van der Waals surface area contributed by atoms with E-state index in [-0.39, 0.29) is 12.4 Å². The van der Waals surface area contributed by atoms with E-state index in [1.807, 2.05) is 13.8 Å². The van der Waals surface area contributed by atoms with E-state index >= 15 is 0 Å². The highest BCUT2D eigenvalue weighted by Crippen LogP contribution is 2.27. The van der Waals surface area contributed by atoms with Crippen molar-refractivity contribution in [2.24, 2.45) is 0 Å². The summed E-state index contributed by atoms with van der Waals surface area (Å²) in [5.74, 6) is 2.25. The first-order valence-corrected chi connectivity index (χ1v) is 9.15. The second kappa shape index (κ2) is 10.3. The molecule has 0 fully saturated rings. The van der Waals surface area contributed by atoms with Gasteiger partial charge >= 0.3 is 0 Å². The number of hydrogen-bond acceptors (Lipinski definition) is 9. The summed E-state index contributed by atoms with van der Waals surface area (Å²) in [6.07, 6.45) is 0.969. The monoisotopic (exact) mass is 398 g/mol. The third kappa shape index (κ3) is 6.51. The lowest BCUT2D eigenvalue weighted by Crippen LogP contribution is -2.30. The highest BCUT2D eigenvalue weighted by molar-refractivity contribution is 5.94. The van der Waals surface area contributed by atoms with Gasteiger partial charge in [0.25, 0.3) is 0 Å². The van der Waals surface area contributed by atoms with E-state index in [1.165, 1.54) is 0 Å². The second-order valence-corrected chi connectivity index (χ2v) is 6.64. The van der Waals surface area contributed by atoms with Crippen molar-refractivity contribution in [2.75, 3.05) is 47.4 Å². The first-order chi connectivity index (χ1) is 12.4. The van der Waals surface area contributed by atoms with Crippen molar-refractivity contribution in [3.05, 3.63) is 0 Å². The predicted molar refractivity (Wildman–Crippen MR) is 114 cm³/mol. The molecular formula is C17H31ClN8O. The average molecular weight is 399 g/mol. The Morgan fingerprint density at radius 3 is 1.67 bits per heavy atom. The third-order valence-electron chi connectivity index (χ3n) is 3.44. The van der Waals surface area contributed by atoms with Crippen LogP contribution >= 0.6 is 12.4 Å². The SMILES string of the molecule is CCCNc1nc(NCC)nc2c(NCC(C)(C)O)nc(NCC)nc12.Cl. The maximum atomic E-state index is 10.1. The second-order valence-electron chi connectivity index (χ2n) is 6.64. The minimum atomic E-state index is -0.879. The number of nitrogens with zero attached hydrogens (tertiary/aromatic N) is 4. The van der Waals surface area contributed by atoms with Gasteiger partial charge in [-0.1, -0.05) is 6.92 Å². The van der Waals surface area contributed by atoms with Gasteiger partial charge in [0.2, 0.25) is 11.9 Å². The quantitative estimate of drug-likeness (QED) is 0.411. The third-order valence-corrected chi connectivity index (χ3v) is 3.44. The van der Waals surface area contributed by atoms with Gasteiger partial charge in [-0.05, 0) is 34.1 Å². The van der Waals surface area contributed by atoms with Gasteiger partial charge in [-0.25, -0.2) is 9.97 Å². The van der Waals surface area contributed by atoms with Crippen molar-refractivity contribution in [3.63, 3.8) is 0 Å². The molecule has 27 heavy (non-hydrogen) atoms. The molecule has 0 unspecified atom stereocenters. The number of anilines is 4. The molecule has 0 spiro atoms. The Morgan fingerprint density at radius 2 is 1.26 bits per heavy atom. The van der Waals surface area contributed by atoms with Crippen molar-refractivity contribution < 1.29 is 5.11 Å². The van der Waals surface area contributed by atoms with Gasteiger partial charge in [0, 0.05) is 26.2 Å². The highest BCUT2D eigenvalue weighted by atomic mass is 35.5. The first kappa shape index (κ1) is 22.9. The molecule has 0 saturated heterocycles. The summed E-state index contributed by atoms with van der Waals surface area (Å²) < 4.78 is 0. The molecule has 0 aliphatic rings.